The number of aromatic amines is 1. The molecule has 2 aromatic heterocycles. The SMILES string of the molecule is C[C@@H]1COCCN1c1cc(C2(O)CCC(C(C)(C)C)CC2)c(C=N)c(Nc2ccn[nH]2)n1. The fourth-order valence-corrected chi connectivity index (χ4v) is 5.07. The van der Waals surface area contributed by atoms with Crippen molar-refractivity contribution in [3.63, 3.8) is 0 Å². The van der Waals surface area contributed by atoms with E-state index in [1.54, 1.807) is 6.20 Å². The van der Waals surface area contributed by atoms with E-state index in [9.17, 15) is 5.11 Å². The van der Waals surface area contributed by atoms with Gasteiger partial charge in [0.15, 0.2) is 0 Å². The highest BCUT2D eigenvalue weighted by Gasteiger charge is 2.40. The molecule has 2 fully saturated rings. The summed E-state index contributed by atoms with van der Waals surface area (Å²) < 4.78 is 5.62. The van der Waals surface area contributed by atoms with Crippen molar-refractivity contribution in [1.82, 2.24) is 15.2 Å². The van der Waals surface area contributed by atoms with Crippen LogP contribution in [0.3, 0.4) is 0 Å². The summed E-state index contributed by atoms with van der Waals surface area (Å²) in [6.07, 6.45) is 6.27. The second-order valence-electron chi connectivity index (χ2n) is 10.3. The second kappa shape index (κ2) is 8.83. The molecule has 0 amide bonds. The van der Waals surface area contributed by atoms with Gasteiger partial charge in [0.2, 0.25) is 0 Å². The lowest BCUT2D eigenvalue weighted by molar-refractivity contribution is -0.0298. The molecule has 174 valence electrons. The Morgan fingerprint density at radius 2 is 2.09 bits per heavy atom. The maximum atomic E-state index is 11.9. The van der Waals surface area contributed by atoms with E-state index in [1.807, 2.05) is 12.1 Å². The monoisotopic (exact) mass is 440 g/mol. The van der Waals surface area contributed by atoms with E-state index in [0.717, 1.165) is 30.8 Å². The molecule has 3 heterocycles. The molecule has 0 bridgehead atoms. The lowest BCUT2D eigenvalue weighted by atomic mass is 9.66. The smallest absolute Gasteiger partial charge is 0.143 e. The average molecular weight is 441 g/mol. The first-order chi connectivity index (χ1) is 15.2. The van der Waals surface area contributed by atoms with Crippen LogP contribution < -0.4 is 10.2 Å². The topological polar surface area (TPSA) is 110 Å². The van der Waals surface area contributed by atoms with Crippen LogP contribution in [0.2, 0.25) is 0 Å². The van der Waals surface area contributed by atoms with Crippen molar-refractivity contribution in [1.29, 1.82) is 5.41 Å². The number of morpholine rings is 1. The third-order valence-corrected chi connectivity index (χ3v) is 7.14. The summed E-state index contributed by atoms with van der Waals surface area (Å²) in [6, 6.07) is 4.00. The van der Waals surface area contributed by atoms with Gasteiger partial charge >= 0.3 is 0 Å². The van der Waals surface area contributed by atoms with E-state index >= 15 is 0 Å². The molecule has 0 radical (unpaired) electrons. The zero-order valence-electron chi connectivity index (χ0n) is 19.6. The Labute approximate surface area is 190 Å². The largest absolute Gasteiger partial charge is 0.385 e. The number of nitrogens with one attached hydrogen (secondary N) is 3. The molecule has 8 nitrogen and oxygen atoms in total. The van der Waals surface area contributed by atoms with Crippen LogP contribution >= 0.6 is 0 Å². The Kier molecular flexibility index (Phi) is 6.27. The maximum absolute atomic E-state index is 11.9. The van der Waals surface area contributed by atoms with Gasteiger partial charge in [-0.05, 0) is 55.6 Å². The van der Waals surface area contributed by atoms with Crippen molar-refractivity contribution in [2.45, 2.75) is 65.0 Å². The van der Waals surface area contributed by atoms with E-state index in [0.29, 0.717) is 49.2 Å². The van der Waals surface area contributed by atoms with Crippen LogP contribution in [0.1, 0.15) is 64.5 Å². The van der Waals surface area contributed by atoms with Gasteiger partial charge in [-0.15, -0.1) is 0 Å². The Morgan fingerprint density at radius 1 is 1.34 bits per heavy atom. The van der Waals surface area contributed by atoms with Crippen LogP contribution in [0.5, 0.6) is 0 Å². The Hall–Kier alpha value is -2.45. The predicted molar refractivity (Wildman–Crippen MR) is 127 cm³/mol. The van der Waals surface area contributed by atoms with E-state index in [2.05, 4.69) is 48.1 Å². The number of aromatic nitrogens is 3. The standard InChI is InChI=1S/C24H36N6O2/c1-16-15-32-12-11-30(16)21-13-19(24(31)8-5-17(6-9-24)23(2,3)4)18(14-25)22(28-21)27-20-7-10-26-29-20/h7,10,13-14,16-17,25,31H,5-6,8-9,11-12,15H2,1-4H3,(H2,26,27,28,29)/t16-,17?,24?/m1/s1. The Bertz CT molecular complexity index is 929. The molecule has 0 aromatic carbocycles. The summed E-state index contributed by atoms with van der Waals surface area (Å²) >= 11 is 0. The number of hydrogen-bond donors (Lipinski definition) is 4. The van der Waals surface area contributed by atoms with Crippen LogP contribution in [-0.4, -0.2) is 52.3 Å². The molecule has 0 unspecified atom stereocenters. The quantitative estimate of drug-likeness (QED) is 0.519. The highest BCUT2D eigenvalue weighted by Crippen LogP contribution is 2.47. The molecule has 8 heteroatoms. The molecule has 1 aliphatic heterocycles. The number of nitrogens with zero attached hydrogens (tertiary/aromatic N) is 3. The lowest BCUT2D eigenvalue weighted by Gasteiger charge is -2.42. The minimum absolute atomic E-state index is 0.182. The van der Waals surface area contributed by atoms with Crippen molar-refractivity contribution in [2.75, 3.05) is 30.0 Å². The molecule has 32 heavy (non-hydrogen) atoms. The second-order valence-corrected chi connectivity index (χ2v) is 10.3. The van der Waals surface area contributed by atoms with Gasteiger partial charge in [0.1, 0.15) is 17.5 Å². The number of H-pyrrole nitrogens is 1. The van der Waals surface area contributed by atoms with Crippen LogP contribution in [0, 0.1) is 16.7 Å². The number of anilines is 3. The predicted octanol–water partition coefficient (Wildman–Crippen LogP) is 4.19. The van der Waals surface area contributed by atoms with Crippen LogP contribution in [0.4, 0.5) is 17.5 Å². The number of aliphatic hydroxyl groups is 1. The highest BCUT2D eigenvalue weighted by atomic mass is 16.5. The van der Waals surface area contributed by atoms with E-state index in [-0.39, 0.29) is 11.5 Å². The summed E-state index contributed by atoms with van der Waals surface area (Å²) in [5, 5.41) is 30.2. The summed E-state index contributed by atoms with van der Waals surface area (Å²) in [7, 11) is 0. The fourth-order valence-electron chi connectivity index (χ4n) is 5.07. The van der Waals surface area contributed by atoms with E-state index in [1.165, 1.54) is 6.21 Å². The molecular formula is C24H36N6O2. The van der Waals surface area contributed by atoms with E-state index < -0.39 is 5.60 Å². The molecular weight excluding hydrogens is 404 g/mol. The molecule has 1 atom stereocenters. The molecule has 1 saturated carbocycles. The molecule has 1 saturated heterocycles. The third kappa shape index (κ3) is 4.52. The van der Waals surface area contributed by atoms with Gasteiger partial charge in [-0.2, -0.15) is 5.10 Å². The van der Waals surface area contributed by atoms with Gasteiger partial charge in [0.25, 0.3) is 0 Å². The van der Waals surface area contributed by atoms with Crippen molar-refractivity contribution in [2.24, 2.45) is 11.3 Å². The summed E-state index contributed by atoms with van der Waals surface area (Å²) in [4.78, 5) is 7.11. The van der Waals surface area contributed by atoms with Gasteiger partial charge in [0, 0.05) is 24.4 Å². The van der Waals surface area contributed by atoms with Crippen molar-refractivity contribution in [3.05, 3.63) is 29.5 Å². The molecule has 4 N–H and O–H groups in total. The summed E-state index contributed by atoms with van der Waals surface area (Å²) in [6.45, 7) is 11.0. The first-order valence-corrected chi connectivity index (χ1v) is 11.6. The molecule has 2 aliphatic rings. The van der Waals surface area contributed by atoms with Crippen LogP contribution in [-0.2, 0) is 10.3 Å². The zero-order valence-corrected chi connectivity index (χ0v) is 19.6. The number of pyridine rings is 1. The molecule has 2 aromatic rings. The summed E-state index contributed by atoms with van der Waals surface area (Å²) in [5.41, 5.74) is 0.657. The average Bonchev–Trinajstić information content (AvgIpc) is 3.26. The van der Waals surface area contributed by atoms with Crippen molar-refractivity contribution < 1.29 is 9.84 Å². The molecule has 0 spiro atoms. The maximum Gasteiger partial charge on any atom is 0.143 e. The van der Waals surface area contributed by atoms with Gasteiger partial charge in [-0.1, -0.05) is 20.8 Å². The van der Waals surface area contributed by atoms with Gasteiger partial charge in [-0.25, -0.2) is 4.98 Å². The fraction of sp³-hybridized carbons (Fsp3) is 0.625. The van der Waals surface area contributed by atoms with Gasteiger partial charge in [0.05, 0.1) is 31.1 Å². The van der Waals surface area contributed by atoms with Gasteiger partial charge < -0.3 is 25.5 Å². The number of rotatable bonds is 5. The first-order valence-electron chi connectivity index (χ1n) is 11.6. The molecule has 1 aliphatic carbocycles. The van der Waals surface area contributed by atoms with Crippen LogP contribution in [0.25, 0.3) is 0 Å². The number of ether oxygens (including phenoxy) is 1. The first kappa shape index (κ1) is 22.7. The Morgan fingerprint density at radius 3 is 2.69 bits per heavy atom. The van der Waals surface area contributed by atoms with Crippen LogP contribution in [0.15, 0.2) is 18.3 Å². The third-order valence-electron chi connectivity index (χ3n) is 7.14. The normalized spacial score (nSPS) is 26.7. The van der Waals surface area contributed by atoms with Crippen molar-refractivity contribution >= 4 is 23.7 Å². The zero-order chi connectivity index (χ0) is 22.9. The van der Waals surface area contributed by atoms with Gasteiger partial charge in [-0.3, -0.25) is 5.10 Å². The Balaban J connectivity index is 1.76. The minimum atomic E-state index is -0.980. The van der Waals surface area contributed by atoms with Crippen molar-refractivity contribution in [3.8, 4) is 0 Å². The lowest BCUT2D eigenvalue weighted by Crippen LogP contribution is -2.44. The summed E-state index contributed by atoms with van der Waals surface area (Å²) in [5.74, 6) is 2.63. The highest BCUT2D eigenvalue weighted by molar-refractivity contribution is 5.89. The van der Waals surface area contributed by atoms with E-state index in [4.69, 9.17) is 15.1 Å². The molecule has 4 rings (SSSR count). The number of hydrogen-bond acceptors (Lipinski definition) is 7. The minimum Gasteiger partial charge on any atom is -0.385 e.